The smallest absolute Gasteiger partial charge is 0.233 e. The fourth-order valence-electron chi connectivity index (χ4n) is 4.25. The highest BCUT2D eigenvalue weighted by atomic mass is 32.2. The second-order valence-corrected chi connectivity index (χ2v) is 9.75. The Hall–Kier alpha value is -3.69. The SMILES string of the molecule is COC[C@H](C)n1c(COc2ccccc2F)nnc1SCC(=O)N(C)C(c1ccccc1)c1ccccc1. The molecule has 1 atom stereocenters. The summed E-state index contributed by atoms with van der Waals surface area (Å²) in [5, 5.41) is 9.17. The van der Waals surface area contributed by atoms with Gasteiger partial charge in [0.1, 0.15) is 6.61 Å². The van der Waals surface area contributed by atoms with Crippen LogP contribution in [0.1, 0.15) is 36.0 Å². The van der Waals surface area contributed by atoms with Crippen molar-refractivity contribution >= 4 is 17.7 Å². The Bertz CT molecular complexity index is 1280. The molecule has 1 amide bonds. The highest BCUT2D eigenvalue weighted by Crippen LogP contribution is 2.29. The van der Waals surface area contributed by atoms with E-state index in [9.17, 15) is 9.18 Å². The fraction of sp³-hybridized carbons (Fsp3) is 0.276. The summed E-state index contributed by atoms with van der Waals surface area (Å²) in [6, 6.07) is 25.8. The number of hydrogen-bond acceptors (Lipinski definition) is 6. The Kier molecular flexibility index (Phi) is 9.51. The van der Waals surface area contributed by atoms with Crippen LogP contribution in [0.2, 0.25) is 0 Å². The van der Waals surface area contributed by atoms with E-state index in [0.717, 1.165) is 11.1 Å². The zero-order valence-electron chi connectivity index (χ0n) is 21.7. The molecule has 7 nitrogen and oxygen atoms in total. The summed E-state index contributed by atoms with van der Waals surface area (Å²) in [4.78, 5) is 15.2. The molecule has 0 aliphatic carbocycles. The van der Waals surface area contributed by atoms with Crippen molar-refractivity contribution in [1.82, 2.24) is 19.7 Å². The van der Waals surface area contributed by atoms with E-state index in [4.69, 9.17) is 9.47 Å². The number of carbonyl (C=O) groups is 1. The van der Waals surface area contributed by atoms with Crippen LogP contribution in [-0.2, 0) is 16.1 Å². The van der Waals surface area contributed by atoms with Crippen LogP contribution in [0.15, 0.2) is 90.1 Å². The van der Waals surface area contributed by atoms with E-state index in [1.54, 1.807) is 30.2 Å². The van der Waals surface area contributed by atoms with E-state index in [2.05, 4.69) is 10.2 Å². The highest BCUT2D eigenvalue weighted by molar-refractivity contribution is 7.99. The van der Waals surface area contributed by atoms with Gasteiger partial charge >= 0.3 is 0 Å². The lowest BCUT2D eigenvalue weighted by molar-refractivity contribution is -0.128. The molecular weight excluding hydrogens is 503 g/mol. The first kappa shape index (κ1) is 27.3. The fourth-order valence-corrected chi connectivity index (χ4v) is 5.23. The number of ether oxygens (including phenoxy) is 2. The van der Waals surface area contributed by atoms with E-state index in [-0.39, 0.29) is 36.1 Å². The Balaban J connectivity index is 1.51. The average molecular weight is 535 g/mol. The number of para-hydroxylation sites is 1. The maximum absolute atomic E-state index is 14.0. The minimum atomic E-state index is -0.446. The molecule has 0 N–H and O–H groups in total. The summed E-state index contributed by atoms with van der Waals surface area (Å²) in [6.07, 6.45) is 0. The standard InChI is InChI=1S/C29H31FN4O3S/c1-21(18-36-3)34-26(19-37-25-17-11-10-16-24(25)30)31-32-29(34)38-20-27(35)33(2)28(22-12-6-4-7-13-22)23-14-8-5-9-15-23/h4-17,21,28H,18-20H2,1-3H3/t21-/m0/s1. The van der Waals surface area contributed by atoms with Gasteiger partial charge in [-0.25, -0.2) is 4.39 Å². The van der Waals surface area contributed by atoms with Crippen molar-refractivity contribution in [3.63, 3.8) is 0 Å². The number of nitrogens with zero attached hydrogens (tertiary/aromatic N) is 4. The number of aromatic nitrogens is 3. The first-order valence-corrected chi connectivity index (χ1v) is 13.3. The Morgan fingerprint density at radius 3 is 2.18 bits per heavy atom. The number of methoxy groups -OCH3 is 1. The summed E-state index contributed by atoms with van der Waals surface area (Å²) in [5.74, 6) is 0.329. The molecule has 38 heavy (non-hydrogen) atoms. The van der Waals surface area contributed by atoms with Crippen molar-refractivity contribution in [1.29, 1.82) is 0 Å². The van der Waals surface area contributed by atoms with E-state index in [1.807, 2.05) is 79.2 Å². The number of carbonyl (C=O) groups excluding carboxylic acids is 1. The minimum absolute atomic E-state index is 0.0283. The van der Waals surface area contributed by atoms with Crippen molar-refractivity contribution < 1.29 is 18.7 Å². The van der Waals surface area contributed by atoms with Crippen LogP contribution < -0.4 is 4.74 Å². The zero-order valence-corrected chi connectivity index (χ0v) is 22.5. The molecular formula is C29H31FN4O3S. The lowest BCUT2D eigenvalue weighted by Gasteiger charge is -2.29. The number of thioether (sulfide) groups is 1. The summed E-state index contributed by atoms with van der Waals surface area (Å²) >= 11 is 1.30. The number of amides is 1. The van der Waals surface area contributed by atoms with E-state index in [1.165, 1.54) is 17.8 Å². The van der Waals surface area contributed by atoms with Gasteiger partial charge in [-0.05, 0) is 30.2 Å². The quantitative estimate of drug-likeness (QED) is 0.222. The summed E-state index contributed by atoms with van der Waals surface area (Å²) < 4.78 is 26.9. The molecule has 0 saturated carbocycles. The lowest BCUT2D eigenvalue weighted by Crippen LogP contribution is -2.33. The van der Waals surface area contributed by atoms with E-state index < -0.39 is 5.82 Å². The van der Waals surface area contributed by atoms with Crippen LogP contribution in [0.25, 0.3) is 0 Å². The molecule has 0 aliphatic rings. The largest absolute Gasteiger partial charge is 0.483 e. The third kappa shape index (κ3) is 6.59. The monoisotopic (exact) mass is 534 g/mol. The topological polar surface area (TPSA) is 69.5 Å². The lowest BCUT2D eigenvalue weighted by atomic mass is 9.97. The van der Waals surface area contributed by atoms with Crippen LogP contribution in [0, 0.1) is 5.82 Å². The van der Waals surface area contributed by atoms with Gasteiger partial charge in [-0.2, -0.15) is 0 Å². The van der Waals surface area contributed by atoms with Gasteiger partial charge in [-0.1, -0.05) is 84.6 Å². The maximum atomic E-state index is 14.0. The van der Waals surface area contributed by atoms with E-state index >= 15 is 0 Å². The third-order valence-corrected chi connectivity index (χ3v) is 7.04. The molecule has 0 bridgehead atoms. The zero-order chi connectivity index (χ0) is 26.9. The number of benzene rings is 3. The molecule has 1 aromatic heterocycles. The maximum Gasteiger partial charge on any atom is 0.233 e. The van der Waals surface area contributed by atoms with E-state index in [0.29, 0.717) is 17.6 Å². The summed E-state index contributed by atoms with van der Waals surface area (Å²) in [5.41, 5.74) is 2.06. The molecule has 4 aromatic rings. The molecule has 4 rings (SSSR count). The van der Waals surface area contributed by atoms with Gasteiger partial charge in [0.2, 0.25) is 5.91 Å². The normalized spacial score (nSPS) is 11.9. The predicted octanol–water partition coefficient (Wildman–Crippen LogP) is 5.54. The van der Waals surface area contributed by atoms with Crippen molar-refractivity contribution in [2.24, 2.45) is 0 Å². The molecule has 0 aliphatic heterocycles. The predicted molar refractivity (Wildman–Crippen MR) is 146 cm³/mol. The molecule has 198 valence electrons. The molecule has 3 aromatic carbocycles. The number of rotatable bonds is 12. The minimum Gasteiger partial charge on any atom is -0.483 e. The number of halogens is 1. The Labute approximate surface area is 226 Å². The van der Waals surface area contributed by atoms with Crippen molar-refractivity contribution in [3.05, 3.63) is 108 Å². The molecule has 1 heterocycles. The van der Waals surface area contributed by atoms with Gasteiger partial charge in [0, 0.05) is 14.2 Å². The van der Waals surface area contributed by atoms with Crippen molar-refractivity contribution in [3.8, 4) is 5.75 Å². The Morgan fingerprint density at radius 2 is 1.58 bits per heavy atom. The first-order chi connectivity index (χ1) is 18.5. The summed E-state index contributed by atoms with van der Waals surface area (Å²) in [7, 11) is 3.44. The Morgan fingerprint density at radius 1 is 0.974 bits per heavy atom. The molecule has 0 spiro atoms. The van der Waals surface area contributed by atoms with Crippen LogP contribution in [-0.4, -0.2) is 52.1 Å². The number of hydrogen-bond donors (Lipinski definition) is 0. The second kappa shape index (κ2) is 13.2. The second-order valence-electron chi connectivity index (χ2n) is 8.81. The average Bonchev–Trinajstić information content (AvgIpc) is 3.35. The van der Waals surface area contributed by atoms with Crippen LogP contribution in [0.3, 0.4) is 0 Å². The van der Waals surface area contributed by atoms with Gasteiger partial charge in [0.05, 0.1) is 24.4 Å². The molecule has 0 radical (unpaired) electrons. The van der Waals surface area contributed by atoms with Crippen LogP contribution in [0.4, 0.5) is 4.39 Å². The molecule has 0 fully saturated rings. The van der Waals surface area contributed by atoms with Crippen LogP contribution in [0.5, 0.6) is 5.75 Å². The van der Waals surface area contributed by atoms with Crippen molar-refractivity contribution in [2.75, 3.05) is 26.5 Å². The van der Waals surface area contributed by atoms with Gasteiger partial charge in [-0.3, -0.25) is 9.36 Å². The first-order valence-electron chi connectivity index (χ1n) is 12.3. The molecule has 9 heteroatoms. The highest BCUT2D eigenvalue weighted by Gasteiger charge is 2.25. The van der Waals surface area contributed by atoms with Crippen molar-refractivity contribution in [2.45, 2.75) is 30.8 Å². The van der Waals surface area contributed by atoms with Gasteiger partial charge in [0.15, 0.2) is 22.5 Å². The summed E-state index contributed by atoms with van der Waals surface area (Å²) in [6.45, 7) is 2.41. The molecule has 0 saturated heterocycles. The van der Waals surface area contributed by atoms with Gasteiger partial charge in [-0.15, -0.1) is 10.2 Å². The van der Waals surface area contributed by atoms with Gasteiger partial charge < -0.3 is 14.4 Å². The third-order valence-electron chi connectivity index (χ3n) is 6.11. The molecule has 0 unspecified atom stereocenters. The van der Waals surface area contributed by atoms with Gasteiger partial charge in [0.25, 0.3) is 0 Å². The van der Waals surface area contributed by atoms with Crippen LogP contribution >= 0.6 is 11.8 Å².